The maximum absolute atomic E-state index is 12.9. The van der Waals surface area contributed by atoms with Crippen molar-refractivity contribution < 1.29 is 53.4 Å². The minimum absolute atomic E-state index is 0.0319. The smallest absolute Gasteiger partial charge is 0.309 e. The number of aliphatic hydroxyl groups is 4. The molecule has 0 radical (unpaired) electrons. The SMILES string of the molecule is CCOC(=O)[C@H]1CCc2c(c(O[C@H]3O[C@H](CO)[C@@H](O)[C@H](O)[C@H]3O)c(OC3CCCC3)c3occ([C@H]4CNC(=O)C4)c23)C1. The van der Waals surface area contributed by atoms with Gasteiger partial charge in [-0.25, -0.2) is 0 Å². The average molecular weight is 590 g/mol. The van der Waals surface area contributed by atoms with Crippen LogP contribution in [0.25, 0.3) is 11.0 Å². The van der Waals surface area contributed by atoms with Gasteiger partial charge in [0.2, 0.25) is 17.9 Å². The fraction of sp³-hybridized carbons (Fsp3) is 0.667. The first-order valence-corrected chi connectivity index (χ1v) is 15.0. The quantitative estimate of drug-likeness (QED) is 0.280. The lowest BCUT2D eigenvalue weighted by Crippen LogP contribution is -2.60. The van der Waals surface area contributed by atoms with Gasteiger partial charge in [-0.15, -0.1) is 0 Å². The number of carbonyl (C=O) groups is 2. The molecule has 0 unspecified atom stereocenters. The summed E-state index contributed by atoms with van der Waals surface area (Å²) in [5.74, 6) is -0.363. The molecule has 7 atom stereocenters. The van der Waals surface area contributed by atoms with Crippen LogP contribution in [-0.2, 0) is 31.9 Å². The zero-order chi connectivity index (χ0) is 29.5. The maximum Gasteiger partial charge on any atom is 0.309 e. The molecule has 0 bridgehead atoms. The van der Waals surface area contributed by atoms with Crippen LogP contribution >= 0.6 is 0 Å². The van der Waals surface area contributed by atoms with Crippen LogP contribution in [0, 0.1) is 5.92 Å². The third-order valence-electron chi connectivity index (χ3n) is 9.07. The number of aryl methyl sites for hydroxylation is 1. The molecule has 4 aliphatic rings. The van der Waals surface area contributed by atoms with Gasteiger partial charge in [0.1, 0.15) is 24.4 Å². The molecule has 1 aromatic carbocycles. The van der Waals surface area contributed by atoms with Crippen LogP contribution in [0.5, 0.6) is 11.5 Å². The number of nitrogens with one attached hydrogen (secondary N) is 1. The van der Waals surface area contributed by atoms with Crippen LogP contribution in [0.1, 0.15) is 68.1 Å². The van der Waals surface area contributed by atoms with Crippen LogP contribution in [0.15, 0.2) is 10.7 Å². The summed E-state index contributed by atoms with van der Waals surface area (Å²) in [5, 5.41) is 45.1. The topological polar surface area (TPSA) is 177 Å². The van der Waals surface area contributed by atoms with E-state index in [0.717, 1.165) is 42.2 Å². The van der Waals surface area contributed by atoms with Gasteiger partial charge in [-0.1, -0.05) is 0 Å². The molecule has 5 N–H and O–H groups in total. The van der Waals surface area contributed by atoms with Crippen LogP contribution in [0.4, 0.5) is 0 Å². The zero-order valence-electron chi connectivity index (χ0n) is 23.6. The number of hydrogen-bond donors (Lipinski definition) is 5. The van der Waals surface area contributed by atoms with Crippen molar-refractivity contribution in [2.24, 2.45) is 5.92 Å². The summed E-state index contributed by atoms with van der Waals surface area (Å²) in [7, 11) is 0. The van der Waals surface area contributed by atoms with Gasteiger partial charge in [0, 0.05) is 35.4 Å². The minimum Gasteiger partial charge on any atom is -0.483 e. The summed E-state index contributed by atoms with van der Waals surface area (Å²) in [5.41, 5.74) is 2.90. The fourth-order valence-electron chi connectivity index (χ4n) is 6.81. The molecular formula is C30H39NO11. The van der Waals surface area contributed by atoms with Gasteiger partial charge in [0.05, 0.1) is 31.5 Å². The summed E-state index contributed by atoms with van der Waals surface area (Å²) >= 11 is 0. The second-order valence-electron chi connectivity index (χ2n) is 11.7. The standard InChI is InChI=1S/C30H39NO11/c1-2-38-29(37)14-7-8-17-18(9-14)26(42-30-25(36)24(35)23(34)20(12-32)41-30)28(40-16-5-3-4-6-16)27-22(17)19(13-39-27)15-10-21(33)31-11-15/h13-16,20,23-25,30,32,34-36H,2-12H2,1H3,(H,31,33)/t14-,15+,20+,23+,24-,25+,30+/m0/s1. The lowest BCUT2D eigenvalue weighted by atomic mass is 9.80. The Kier molecular flexibility index (Phi) is 8.34. The second kappa shape index (κ2) is 12.0. The number of ether oxygens (including phenoxy) is 4. The number of hydrogen-bond acceptors (Lipinski definition) is 11. The van der Waals surface area contributed by atoms with E-state index >= 15 is 0 Å². The van der Waals surface area contributed by atoms with E-state index in [2.05, 4.69) is 5.32 Å². The van der Waals surface area contributed by atoms with Crippen molar-refractivity contribution in [3.05, 3.63) is 23.0 Å². The Morgan fingerprint density at radius 2 is 1.81 bits per heavy atom. The Morgan fingerprint density at radius 3 is 2.50 bits per heavy atom. The van der Waals surface area contributed by atoms with Crippen molar-refractivity contribution in [2.75, 3.05) is 19.8 Å². The highest BCUT2D eigenvalue weighted by atomic mass is 16.7. The van der Waals surface area contributed by atoms with Crippen LogP contribution < -0.4 is 14.8 Å². The van der Waals surface area contributed by atoms with Crippen molar-refractivity contribution in [1.82, 2.24) is 5.32 Å². The molecule has 230 valence electrons. The lowest BCUT2D eigenvalue weighted by Gasteiger charge is -2.40. The van der Waals surface area contributed by atoms with Crippen LogP contribution in [0.2, 0.25) is 0 Å². The molecule has 42 heavy (non-hydrogen) atoms. The van der Waals surface area contributed by atoms with E-state index in [1.807, 2.05) is 0 Å². The predicted octanol–water partition coefficient (Wildman–Crippen LogP) is 1.20. The first kappa shape index (κ1) is 29.2. The molecule has 2 aliphatic heterocycles. The lowest BCUT2D eigenvalue weighted by molar-refractivity contribution is -0.277. The van der Waals surface area contributed by atoms with Crippen LogP contribution in [-0.4, -0.2) is 88.9 Å². The van der Waals surface area contributed by atoms with Gasteiger partial charge < -0.3 is 49.1 Å². The predicted molar refractivity (Wildman–Crippen MR) is 146 cm³/mol. The van der Waals surface area contributed by atoms with Crippen molar-refractivity contribution in [2.45, 2.75) is 101 Å². The van der Waals surface area contributed by atoms with Gasteiger partial charge >= 0.3 is 5.97 Å². The Balaban J connectivity index is 1.50. The number of amides is 1. The molecule has 2 saturated heterocycles. The molecule has 2 aromatic rings. The molecule has 12 nitrogen and oxygen atoms in total. The Morgan fingerprint density at radius 1 is 1.02 bits per heavy atom. The van der Waals surface area contributed by atoms with Crippen molar-refractivity contribution in [1.29, 1.82) is 0 Å². The van der Waals surface area contributed by atoms with E-state index in [0.29, 0.717) is 42.7 Å². The number of rotatable bonds is 8. The summed E-state index contributed by atoms with van der Waals surface area (Å²) < 4.78 is 30.2. The molecule has 3 heterocycles. The molecule has 12 heteroatoms. The van der Waals surface area contributed by atoms with E-state index < -0.39 is 43.2 Å². The summed E-state index contributed by atoms with van der Waals surface area (Å²) in [6.07, 6.45) is -0.573. The zero-order valence-corrected chi connectivity index (χ0v) is 23.6. The third kappa shape index (κ3) is 5.24. The van der Waals surface area contributed by atoms with Gasteiger partial charge in [0.15, 0.2) is 11.3 Å². The first-order valence-electron chi connectivity index (χ1n) is 15.0. The van der Waals surface area contributed by atoms with Crippen molar-refractivity contribution >= 4 is 22.8 Å². The first-order chi connectivity index (χ1) is 20.3. The van der Waals surface area contributed by atoms with Crippen LogP contribution in [0.3, 0.4) is 0 Å². The molecule has 6 rings (SSSR count). The third-order valence-corrected chi connectivity index (χ3v) is 9.07. The molecule has 3 fully saturated rings. The number of fused-ring (bicyclic) bond motifs is 3. The Labute approximate surface area is 242 Å². The number of esters is 1. The molecule has 1 amide bonds. The summed E-state index contributed by atoms with van der Waals surface area (Å²) in [6.45, 7) is 1.89. The largest absolute Gasteiger partial charge is 0.483 e. The monoisotopic (exact) mass is 589 g/mol. The normalized spacial score (nSPS) is 31.6. The van der Waals surface area contributed by atoms with Gasteiger partial charge in [-0.05, 0) is 57.4 Å². The second-order valence-corrected chi connectivity index (χ2v) is 11.7. The Bertz CT molecular complexity index is 1320. The fourth-order valence-corrected chi connectivity index (χ4v) is 6.81. The Hall–Kier alpha value is -2.90. The summed E-state index contributed by atoms with van der Waals surface area (Å²) in [4.78, 5) is 25.0. The van der Waals surface area contributed by atoms with Crippen molar-refractivity contribution in [3.63, 3.8) is 0 Å². The van der Waals surface area contributed by atoms with Gasteiger partial charge in [0.25, 0.3) is 0 Å². The average Bonchev–Trinajstić information content (AvgIpc) is 3.76. The minimum atomic E-state index is -1.64. The van der Waals surface area contributed by atoms with E-state index in [4.69, 9.17) is 23.4 Å². The number of carbonyl (C=O) groups excluding carboxylic acids is 2. The number of furan rings is 1. The molecule has 1 aromatic heterocycles. The van der Waals surface area contributed by atoms with E-state index in [9.17, 15) is 30.0 Å². The maximum atomic E-state index is 12.9. The van der Waals surface area contributed by atoms with E-state index in [1.165, 1.54) is 0 Å². The highest BCUT2D eigenvalue weighted by Gasteiger charge is 2.46. The number of benzene rings is 1. The summed E-state index contributed by atoms with van der Waals surface area (Å²) in [6, 6.07) is 0. The highest BCUT2D eigenvalue weighted by molar-refractivity contribution is 5.95. The molecule has 1 saturated carbocycles. The molecule has 0 spiro atoms. The van der Waals surface area contributed by atoms with Gasteiger partial charge in [-0.3, -0.25) is 9.59 Å². The highest BCUT2D eigenvalue weighted by Crippen LogP contribution is 2.51. The van der Waals surface area contributed by atoms with E-state index in [1.54, 1.807) is 13.2 Å². The van der Waals surface area contributed by atoms with Gasteiger partial charge in [-0.2, -0.15) is 0 Å². The molecular weight excluding hydrogens is 550 g/mol. The van der Waals surface area contributed by atoms with E-state index in [-0.39, 0.29) is 42.7 Å². The van der Waals surface area contributed by atoms with Crippen molar-refractivity contribution in [3.8, 4) is 11.5 Å². The number of aliphatic hydroxyl groups excluding tert-OH is 4. The molecule has 2 aliphatic carbocycles.